The Morgan fingerprint density at radius 3 is 2.50 bits per heavy atom. The molecular formula is C23H22N8O. The van der Waals surface area contributed by atoms with Gasteiger partial charge in [0.05, 0.1) is 30.1 Å². The predicted octanol–water partition coefficient (Wildman–Crippen LogP) is 2.73. The van der Waals surface area contributed by atoms with E-state index in [9.17, 15) is 5.26 Å². The quantitative estimate of drug-likeness (QED) is 0.492. The molecule has 0 spiro atoms. The Bertz CT molecular complexity index is 1320. The first kappa shape index (κ1) is 19.8. The Morgan fingerprint density at radius 1 is 0.969 bits per heavy atom. The Labute approximate surface area is 185 Å². The standard InChI is InChI=1S/C23H22N8O/c1-16-5-3-4-6-18(16)31-23-21(27-28-31)22(25-15-26-23)30-11-9-29(10-12-30)19-13-17(14-24)7-8-20(19)32-2/h3-8,13,15H,9-12H2,1-2H3. The number of hydrogen-bond donors (Lipinski definition) is 0. The molecule has 0 atom stereocenters. The van der Waals surface area contributed by atoms with Gasteiger partial charge in [0.2, 0.25) is 0 Å². The maximum absolute atomic E-state index is 9.27. The summed E-state index contributed by atoms with van der Waals surface area (Å²) in [5.41, 5.74) is 4.98. The van der Waals surface area contributed by atoms with E-state index in [1.807, 2.05) is 43.3 Å². The molecular weight excluding hydrogens is 404 g/mol. The summed E-state index contributed by atoms with van der Waals surface area (Å²) < 4.78 is 7.28. The van der Waals surface area contributed by atoms with E-state index < -0.39 is 0 Å². The molecule has 1 saturated heterocycles. The monoisotopic (exact) mass is 426 g/mol. The summed E-state index contributed by atoms with van der Waals surface area (Å²) in [5.74, 6) is 1.55. The number of fused-ring (bicyclic) bond motifs is 1. The van der Waals surface area contributed by atoms with Gasteiger partial charge in [0.1, 0.15) is 12.1 Å². The van der Waals surface area contributed by atoms with Crippen LogP contribution in [0.1, 0.15) is 11.1 Å². The molecule has 0 amide bonds. The second-order valence-corrected chi connectivity index (χ2v) is 7.63. The van der Waals surface area contributed by atoms with Crippen LogP contribution >= 0.6 is 0 Å². The van der Waals surface area contributed by atoms with Crippen molar-refractivity contribution in [2.75, 3.05) is 43.1 Å². The second-order valence-electron chi connectivity index (χ2n) is 7.63. The number of piperazine rings is 1. The fourth-order valence-electron chi connectivity index (χ4n) is 4.10. The van der Waals surface area contributed by atoms with Crippen LogP contribution in [0.15, 0.2) is 48.8 Å². The van der Waals surface area contributed by atoms with Crippen LogP contribution < -0.4 is 14.5 Å². The Kier molecular flexibility index (Phi) is 5.03. The molecule has 1 fully saturated rings. The number of nitrogens with zero attached hydrogens (tertiary/aromatic N) is 8. The zero-order chi connectivity index (χ0) is 22.1. The minimum absolute atomic E-state index is 0.619. The minimum atomic E-state index is 0.619. The van der Waals surface area contributed by atoms with E-state index in [2.05, 4.69) is 36.1 Å². The van der Waals surface area contributed by atoms with Crippen molar-refractivity contribution in [1.29, 1.82) is 5.26 Å². The molecule has 0 radical (unpaired) electrons. The Hall–Kier alpha value is -4.19. The fraction of sp³-hybridized carbons (Fsp3) is 0.261. The van der Waals surface area contributed by atoms with Crippen LogP contribution in [0.2, 0.25) is 0 Å². The molecule has 9 heteroatoms. The van der Waals surface area contributed by atoms with Gasteiger partial charge in [-0.25, -0.2) is 9.97 Å². The lowest BCUT2D eigenvalue weighted by Crippen LogP contribution is -2.47. The summed E-state index contributed by atoms with van der Waals surface area (Å²) in [7, 11) is 1.65. The van der Waals surface area contributed by atoms with Gasteiger partial charge < -0.3 is 14.5 Å². The van der Waals surface area contributed by atoms with Crippen molar-refractivity contribution in [2.45, 2.75) is 6.92 Å². The third-order valence-electron chi connectivity index (χ3n) is 5.79. The van der Waals surface area contributed by atoms with Gasteiger partial charge in [0, 0.05) is 26.2 Å². The number of aryl methyl sites for hydroxylation is 1. The first-order valence-corrected chi connectivity index (χ1v) is 10.4. The molecule has 2 aromatic heterocycles. The molecule has 32 heavy (non-hydrogen) atoms. The van der Waals surface area contributed by atoms with Crippen molar-refractivity contribution in [3.05, 3.63) is 59.9 Å². The van der Waals surface area contributed by atoms with Crippen LogP contribution in [0.3, 0.4) is 0 Å². The average Bonchev–Trinajstić information content (AvgIpc) is 3.28. The number of ether oxygens (including phenoxy) is 1. The summed E-state index contributed by atoms with van der Waals surface area (Å²) in [6, 6.07) is 15.7. The number of rotatable bonds is 4. The van der Waals surface area contributed by atoms with Crippen molar-refractivity contribution < 1.29 is 4.74 Å². The number of anilines is 2. The number of benzene rings is 2. The number of hydrogen-bond acceptors (Lipinski definition) is 8. The molecule has 9 nitrogen and oxygen atoms in total. The number of methoxy groups -OCH3 is 1. The van der Waals surface area contributed by atoms with E-state index in [0.717, 1.165) is 54.7 Å². The zero-order valence-electron chi connectivity index (χ0n) is 17.9. The molecule has 0 N–H and O–H groups in total. The van der Waals surface area contributed by atoms with Gasteiger partial charge in [-0.05, 0) is 36.8 Å². The van der Waals surface area contributed by atoms with Crippen molar-refractivity contribution >= 4 is 22.7 Å². The van der Waals surface area contributed by atoms with E-state index in [0.29, 0.717) is 16.7 Å². The third-order valence-corrected chi connectivity index (χ3v) is 5.79. The Morgan fingerprint density at radius 2 is 1.75 bits per heavy atom. The minimum Gasteiger partial charge on any atom is -0.495 e. The van der Waals surface area contributed by atoms with Crippen molar-refractivity contribution in [3.63, 3.8) is 0 Å². The SMILES string of the molecule is COc1ccc(C#N)cc1N1CCN(c2ncnc3c2nnn3-c2ccccc2C)CC1. The van der Waals surface area contributed by atoms with Crippen LogP contribution in [-0.2, 0) is 0 Å². The normalized spacial score (nSPS) is 13.9. The Balaban J connectivity index is 1.42. The second kappa shape index (κ2) is 8.15. The highest BCUT2D eigenvalue weighted by Gasteiger charge is 2.24. The van der Waals surface area contributed by atoms with Crippen molar-refractivity contribution in [1.82, 2.24) is 25.0 Å². The molecule has 5 rings (SSSR count). The van der Waals surface area contributed by atoms with Gasteiger partial charge in [-0.1, -0.05) is 23.4 Å². The van der Waals surface area contributed by atoms with E-state index in [1.54, 1.807) is 24.2 Å². The van der Waals surface area contributed by atoms with Crippen molar-refractivity contribution in [2.24, 2.45) is 0 Å². The first-order chi connectivity index (χ1) is 15.7. The molecule has 1 aliphatic heterocycles. The summed E-state index contributed by atoms with van der Waals surface area (Å²) in [4.78, 5) is 13.4. The summed E-state index contributed by atoms with van der Waals surface area (Å²) in [5, 5.41) is 18.1. The van der Waals surface area contributed by atoms with Gasteiger partial charge in [-0.2, -0.15) is 9.94 Å². The van der Waals surface area contributed by atoms with Crippen LogP contribution in [0.25, 0.3) is 16.9 Å². The topological polar surface area (TPSA) is 96.0 Å². The molecule has 0 aliphatic carbocycles. The van der Waals surface area contributed by atoms with Crippen LogP contribution in [0.5, 0.6) is 5.75 Å². The van der Waals surface area contributed by atoms with Gasteiger partial charge in [0.15, 0.2) is 17.0 Å². The van der Waals surface area contributed by atoms with E-state index in [4.69, 9.17) is 4.74 Å². The zero-order valence-corrected chi connectivity index (χ0v) is 17.9. The van der Waals surface area contributed by atoms with E-state index in [1.165, 1.54) is 0 Å². The predicted molar refractivity (Wildman–Crippen MR) is 121 cm³/mol. The number of nitriles is 1. The largest absolute Gasteiger partial charge is 0.495 e. The lowest BCUT2D eigenvalue weighted by molar-refractivity contribution is 0.413. The highest BCUT2D eigenvalue weighted by atomic mass is 16.5. The maximum Gasteiger partial charge on any atom is 0.189 e. The van der Waals surface area contributed by atoms with Crippen LogP contribution in [0.4, 0.5) is 11.5 Å². The van der Waals surface area contributed by atoms with E-state index >= 15 is 0 Å². The smallest absolute Gasteiger partial charge is 0.189 e. The highest BCUT2D eigenvalue weighted by Crippen LogP contribution is 2.31. The number of aromatic nitrogens is 5. The lowest BCUT2D eigenvalue weighted by Gasteiger charge is -2.37. The molecule has 4 aromatic rings. The fourth-order valence-corrected chi connectivity index (χ4v) is 4.10. The lowest BCUT2D eigenvalue weighted by atomic mass is 10.1. The summed E-state index contributed by atoms with van der Waals surface area (Å²) in [6.45, 7) is 5.08. The maximum atomic E-state index is 9.27. The van der Waals surface area contributed by atoms with Gasteiger partial charge in [-0.15, -0.1) is 5.10 Å². The molecule has 0 unspecified atom stereocenters. The molecule has 2 aromatic carbocycles. The summed E-state index contributed by atoms with van der Waals surface area (Å²) in [6.07, 6.45) is 1.57. The van der Waals surface area contributed by atoms with Crippen LogP contribution in [-0.4, -0.2) is 58.3 Å². The van der Waals surface area contributed by atoms with E-state index in [-0.39, 0.29) is 0 Å². The third kappa shape index (κ3) is 3.36. The van der Waals surface area contributed by atoms with Crippen molar-refractivity contribution in [3.8, 4) is 17.5 Å². The molecule has 0 saturated carbocycles. The molecule has 1 aliphatic rings. The summed E-state index contributed by atoms with van der Waals surface area (Å²) >= 11 is 0. The van der Waals surface area contributed by atoms with Crippen LogP contribution in [0, 0.1) is 18.3 Å². The van der Waals surface area contributed by atoms with Gasteiger partial charge in [0.25, 0.3) is 0 Å². The molecule has 0 bridgehead atoms. The number of para-hydroxylation sites is 1. The molecule has 3 heterocycles. The first-order valence-electron chi connectivity index (χ1n) is 10.4. The molecule has 160 valence electrons. The highest BCUT2D eigenvalue weighted by molar-refractivity contribution is 5.84. The van der Waals surface area contributed by atoms with Gasteiger partial charge >= 0.3 is 0 Å². The van der Waals surface area contributed by atoms with Gasteiger partial charge in [-0.3, -0.25) is 0 Å². The average molecular weight is 426 g/mol.